The van der Waals surface area contributed by atoms with E-state index in [0.29, 0.717) is 17.6 Å². The molecule has 0 atom stereocenters. The van der Waals surface area contributed by atoms with Crippen molar-refractivity contribution in [3.05, 3.63) is 29.3 Å². The summed E-state index contributed by atoms with van der Waals surface area (Å²) in [5.41, 5.74) is 2.35. The quantitative estimate of drug-likeness (QED) is 0.791. The van der Waals surface area contributed by atoms with Gasteiger partial charge in [0.1, 0.15) is 5.75 Å². The van der Waals surface area contributed by atoms with Crippen molar-refractivity contribution < 1.29 is 5.11 Å². The molecule has 2 aliphatic rings. The highest BCUT2D eigenvalue weighted by Crippen LogP contribution is 2.44. The summed E-state index contributed by atoms with van der Waals surface area (Å²) in [6.45, 7) is 0. The molecule has 1 N–H and O–H groups in total. The third-order valence-electron chi connectivity index (χ3n) is 4.61. The first-order valence-corrected chi connectivity index (χ1v) is 7.09. The Bertz CT molecular complexity index is 350. The van der Waals surface area contributed by atoms with Gasteiger partial charge in [-0.3, -0.25) is 0 Å². The van der Waals surface area contributed by atoms with Gasteiger partial charge < -0.3 is 5.11 Å². The van der Waals surface area contributed by atoms with Crippen LogP contribution in [0.15, 0.2) is 12.1 Å². The molecule has 1 radical (unpaired) electrons. The van der Waals surface area contributed by atoms with Gasteiger partial charge in [-0.1, -0.05) is 25.7 Å². The van der Waals surface area contributed by atoms with Crippen LogP contribution in [-0.2, 0) is 0 Å². The molecule has 0 spiro atoms. The summed E-state index contributed by atoms with van der Waals surface area (Å²) in [5.74, 6) is 1.78. The molecule has 1 aromatic carbocycles. The first kappa shape index (κ1) is 11.1. The molecule has 1 heteroatoms. The Morgan fingerprint density at radius 2 is 1.24 bits per heavy atom. The van der Waals surface area contributed by atoms with E-state index >= 15 is 0 Å². The fraction of sp³-hybridized carbons (Fsp3) is 0.625. The zero-order valence-electron chi connectivity index (χ0n) is 10.4. The fourth-order valence-corrected chi connectivity index (χ4v) is 3.62. The van der Waals surface area contributed by atoms with Gasteiger partial charge in [0, 0.05) is 0 Å². The molecule has 0 unspecified atom stereocenters. The average molecular weight is 229 g/mol. The van der Waals surface area contributed by atoms with E-state index in [0.717, 1.165) is 0 Å². The van der Waals surface area contributed by atoms with Crippen molar-refractivity contribution in [1.82, 2.24) is 0 Å². The Kier molecular flexibility index (Phi) is 3.09. The number of phenols is 1. The van der Waals surface area contributed by atoms with Crippen LogP contribution in [0.4, 0.5) is 0 Å². The summed E-state index contributed by atoms with van der Waals surface area (Å²) in [5, 5.41) is 10.5. The van der Waals surface area contributed by atoms with Crippen LogP contribution in [0.1, 0.15) is 74.3 Å². The second kappa shape index (κ2) is 4.72. The van der Waals surface area contributed by atoms with E-state index in [9.17, 15) is 5.11 Å². The molecule has 2 aliphatic carbocycles. The van der Waals surface area contributed by atoms with E-state index in [1.54, 1.807) is 0 Å². The van der Waals surface area contributed by atoms with Gasteiger partial charge in [-0.2, -0.15) is 0 Å². The van der Waals surface area contributed by atoms with E-state index in [4.69, 9.17) is 0 Å². The molecule has 0 saturated heterocycles. The molecule has 0 bridgehead atoms. The summed E-state index contributed by atoms with van der Waals surface area (Å²) < 4.78 is 0. The Morgan fingerprint density at radius 3 is 1.65 bits per heavy atom. The van der Waals surface area contributed by atoms with Crippen molar-refractivity contribution in [1.29, 1.82) is 0 Å². The molecule has 91 valence electrons. The van der Waals surface area contributed by atoms with E-state index in [-0.39, 0.29) is 0 Å². The standard InChI is InChI=1S/C16H21O/c17-16-14(12-6-1-2-7-12)10-5-11-15(16)13-8-3-4-9-13/h10-13,17H,1-4,6-9H2. The van der Waals surface area contributed by atoms with Gasteiger partial charge in [0.05, 0.1) is 0 Å². The lowest BCUT2D eigenvalue weighted by atomic mass is 9.89. The molecule has 0 aliphatic heterocycles. The van der Waals surface area contributed by atoms with Gasteiger partial charge in [-0.25, -0.2) is 0 Å². The third kappa shape index (κ3) is 2.08. The van der Waals surface area contributed by atoms with Gasteiger partial charge >= 0.3 is 0 Å². The van der Waals surface area contributed by atoms with Gasteiger partial charge in [-0.05, 0) is 66.8 Å². The second-order valence-corrected chi connectivity index (χ2v) is 5.68. The lowest BCUT2D eigenvalue weighted by Gasteiger charge is -2.17. The average Bonchev–Trinajstić information content (AvgIpc) is 3.02. The molecular weight excluding hydrogens is 208 g/mol. The van der Waals surface area contributed by atoms with E-state index in [1.807, 2.05) is 12.1 Å². The van der Waals surface area contributed by atoms with Crippen LogP contribution in [0.2, 0.25) is 0 Å². The number of phenolic OH excluding ortho intramolecular Hbond substituents is 1. The number of hydrogen-bond acceptors (Lipinski definition) is 1. The Hall–Kier alpha value is -0.980. The van der Waals surface area contributed by atoms with Crippen LogP contribution in [0.3, 0.4) is 0 Å². The summed E-state index contributed by atoms with van der Waals surface area (Å²) >= 11 is 0. The second-order valence-electron chi connectivity index (χ2n) is 5.68. The highest BCUT2D eigenvalue weighted by Gasteiger charge is 2.25. The maximum atomic E-state index is 10.5. The largest absolute Gasteiger partial charge is 0.507 e. The van der Waals surface area contributed by atoms with Gasteiger partial charge in [0.2, 0.25) is 0 Å². The first-order chi connectivity index (χ1) is 8.36. The molecular formula is C16H21O. The van der Waals surface area contributed by atoms with Crippen molar-refractivity contribution >= 4 is 0 Å². The number of benzene rings is 1. The monoisotopic (exact) mass is 229 g/mol. The molecule has 1 aromatic rings. The van der Waals surface area contributed by atoms with E-state index in [1.165, 1.54) is 62.5 Å². The highest BCUT2D eigenvalue weighted by atomic mass is 16.3. The number of rotatable bonds is 2. The third-order valence-corrected chi connectivity index (χ3v) is 4.61. The van der Waals surface area contributed by atoms with Crippen LogP contribution in [0.5, 0.6) is 5.75 Å². The summed E-state index contributed by atoms with van der Waals surface area (Å²) in [4.78, 5) is 0. The SMILES string of the molecule is Oc1c(C2CCCC2)c[c]cc1C1CCCC1. The minimum absolute atomic E-state index is 0.590. The molecule has 0 amide bonds. The van der Waals surface area contributed by atoms with E-state index in [2.05, 4.69) is 6.07 Å². The number of aromatic hydroxyl groups is 1. The highest BCUT2D eigenvalue weighted by molar-refractivity contribution is 5.44. The normalized spacial score (nSPS) is 22.4. The molecule has 2 fully saturated rings. The first-order valence-electron chi connectivity index (χ1n) is 7.09. The van der Waals surface area contributed by atoms with Crippen molar-refractivity contribution in [2.75, 3.05) is 0 Å². The smallest absolute Gasteiger partial charge is 0.122 e. The lowest BCUT2D eigenvalue weighted by Crippen LogP contribution is -1.99. The zero-order valence-corrected chi connectivity index (χ0v) is 10.4. The predicted octanol–water partition coefficient (Wildman–Crippen LogP) is 4.51. The molecule has 0 aromatic heterocycles. The molecule has 0 heterocycles. The maximum absolute atomic E-state index is 10.5. The van der Waals surface area contributed by atoms with Crippen LogP contribution in [0, 0.1) is 6.07 Å². The maximum Gasteiger partial charge on any atom is 0.122 e. The Labute approximate surface area is 104 Å². The molecule has 1 nitrogen and oxygen atoms in total. The van der Waals surface area contributed by atoms with Crippen molar-refractivity contribution in [2.24, 2.45) is 0 Å². The molecule has 3 rings (SSSR count). The van der Waals surface area contributed by atoms with Crippen LogP contribution in [-0.4, -0.2) is 5.11 Å². The minimum Gasteiger partial charge on any atom is -0.507 e. The van der Waals surface area contributed by atoms with Crippen molar-refractivity contribution in [3.8, 4) is 5.75 Å². The van der Waals surface area contributed by atoms with Gasteiger partial charge in [0.15, 0.2) is 0 Å². The minimum atomic E-state index is 0.590. The predicted molar refractivity (Wildman–Crippen MR) is 69.4 cm³/mol. The topological polar surface area (TPSA) is 20.2 Å². The fourth-order valence-electron chi connectivity index (χ4n) is 3.62. The number of hydrogen-bond donors (Lipinski definition) is 1. The summed E-state index contributed by atoms with van der Waals surface area (Å²) in [6.07, 6.45) is 10.3. The Morgan fingerprint density at radius 1 is 0.824 bits per heavy atom. The van der Waals surface area contributed by atoms with Crippen molar-refractivity contribution in [2.45, 2.75) is 63.2 Å². The van der Waals surface area contributed by atoms with Crippen LogP contribution < -0.4 is 0 Å². The van der Waals surface area contributed by atoms with Crippen LogP contribution >= 0.6 is 0 Å². The lowest BCUT2D eigenvalue weighted by molar-refractivity contribution is 0.447. The molecule has 17 heavy (non-hydrogen) atoms. The van der Waals surface area contributed by atoms with Gasteiger partial charge in [0.25, 0.3) is 0 Å². The zero-order chi connectivity index (χ0) is 11.7. The Balaban J connectivity index is 1.91. The summed E-state index contributed by atoms with van der Waals surface area (Å²) in [6, 6.07) is 7.30. The van der Waals surface area contributed by atoms with Gasteiger partial charge in [-0.15, -0.1) is 0 Å². The summed E-state index contributed by atoms with van der Waals surface area (Å²) in [7, 11) is 0. The van der Waals surface area contributed by atoms with Crippen molar-refractivity contribution in [3.63, 3.8) is 0 Å². The molecule has 2 saturated carbocycles. The van der Waals surface area contributed by atoms with Crippen LogP contribution in [0.25, 0.3) is 0 Å². The van der Waals surface area contributed by atoms with E-state index < -0.39 is 0 Å².